The van der Waals surface area contributed by atoms with E-state index in [0.29, 0.717) is 6.54 Å². The molecule has 0 amide bonds. The molecule has 1 fully saturated rings. The predicted octanol–water partition coefficient (Wildman–Crippen LogP) is 4.45. The quantitative estimate of drug-likeness (QED) is 0.576. The normalized spacial score (nSPS) is 15.7. The average molecular weight is 451 g/mol. The Morgan fingerprint density at radius 2 is 1.66 bits per heavy atom. The van der Waals surface area contributed by atoms with Crippen molar-refractivity contribution in [1.82, 2.24) is 14.9 Å². The fourth-order valence-corrected chi connectivity index (χ4v) is 4.47. The lowest BCUT2D eigenvalue weighted by molar-refractivity contribution is 0.109. The van der Waals surface area contributed by atoms with E-state index in [1.807, 2.05) is 49.4 Å². The molecule has 0 radical (unpaired) electrons. The minimum absolute atomic E-state index is 0.462. The fourth-order valence-electron chi connectivity index (χ4n) is 4.35. The molecule has 0 aliphatic carbocycles. The van der Waals surface area contributed by atoms with Gasteiger partial charge in [-0.25, -0.2) is 9.97 Å². The summed E-state index contributed by atoms with van der Waals surface area (Å²) in [6.07, 6.45) is 1.21. The molecule has 168 valence electrons. The number of benzene rings is 2. The van der Waals surface area contributed by atoms with Gasteiger partial charge in [-0.1, -0.05) is 61.0 Å². The maximum Gasteiger partial charge on any atom is 0.136 e. The number of hydrogen-bond acceptors (Lipinski definition) is 5. The van der Waals surface area contributed by atoms with Crippen LogP contribution in [-0.2, 0) is 12.8 Å². The zero-order chi connectivity index (χ0) is 22.5. The molecule has 1 aliphatic heterocycles. The number of anilines is 1. The van der Waals surface area contributed by atoms with Crippen LogP contribution in [0.2, 0.25) is 5.02 Å². The van der Waals surface area contributed by atoms with Crippen molar-refractivity contribution < 1.29 is 5.11 Å². The summed E-state index contributed by atoms with van der Waals surface area (Å²) in [7, 11) is 0. The van der Waals surface area contributed by atoms with Gasteiger partial charge in [-0.2, -0.15) is 0 Å². The lowest BCUT2D eigenvalue weighted by atomic mass is 10.0. The topological polar surface area (TPSA) is 52.5 Å². The van der Waals surface area contributed by atoms with E-state index in [1.165, 1.54) is 11.1 Å². The molecular weight excluding hydrogens is 420 g/mol. The van der Waals surface area contributed by atoms with Crippen LogP contribution in [0.1, 0.15) is 41.2 Å². The maximum atomic E-state index is 10.6. The summed E-state index contributed by atoms with van der Waals surface area (Å²) >= 11 is 6.08. The van der Waals surface area contributed by atoms with E-state index >= 15 is 0 Å². The Kier molecular flexibility index (Phi) is 7.40. The third kappa shape index (κ3) is 5.47. The fraction of sp³-hybridized carbons (Fsp3) is 0.385. The molecule has 1 unspecified atom stereocenters. The summed E-state index contributed by atoms with van der Waals surface area (Å²) in [5.74, 6) is 1.87. The zero-order valence-electron chi connectivity index (χ0n) is 18.8. The number of aryl methyl sites for hydroxylation is 2. The molecule has 0 bridgehead atoms. The minimum atomic E-state index is -0.462. The molecule has 6 heteroatoms. The van der Waals surface area contributed by atoms with Crippen LogP contribution in [0, 0.1) is 6.92 Å². The van der Waals surface area contributed by atoms with Gasteiger partial charge in [0.15, 0.2) is 0 Å². The Labute approximate surface area is 195 Å². The number of halogens is 1. The number of β-amino-alcohol motifs (C(OH)–C–C–N with tert-alkyl or cyclic N) is 1. The van der Waals surface area contributed by atoms with Gasteiger partial charge in [0.2, 0.25) is 0 Å². The molecule has 32 heavy (non-hydrogen) atoms. The van der Waals surface area contributed by atoms with Gasteiger partial charge in [-0.3, -0.25) is 4.90 Å². The van der Waals surface area contributed by atoms with Crippen molar-refractivity contribution in [2.24, 2.45) is 0 Å². The second-order valence-electron chi connectivity index (χ2n) is 8.39. The van der Waals surface area contributed by atoms with Crippen molar-refractivity contribution in [2.45, 2.75) is 32.8 Å². The van der Waals surface area contributed by atoms with E-state index in [4.69, 9.17) is 21.6 Å². The Balaban J connectivity index is 1.48. The van der Waals surface area contributed by atoms with E-state index in [9.17, 15) is 5.11 Å². The number of rotatable bonds is 7. The van der Waals surface area contributed by atoms with Gasteiger partial charge in [0, 0.05) is 55.4 Å². The minimum Gasteiger partial charge on any atom is -0.387 e. The van der Waals surface area contributed by atoms with Crippen LogP contribution in [0.3, 0.4) is 0 Å². The van der Waals surface area contributed by atoms with Crippen molar-refractivity contribution in [3.05, 3.63) is 87.8 Å². The van der Waals surface area contributed by atoms with E-state index in [0.717, 1.165) is 66.9 Å². The zero-order valence-corrected chi connectivity index (χ0v) is 19.6. The van der Waals surface area contributed by atoms with Crippen LogP contribution in [0.5, 0.6) is 0 Å². The van der Waals surface area contributed by atoms with Crippen LogP contribution in [0.15, 0.2) is 54.6 Å². The molecule has 3 aromatic rings. The van der Waals surface area contributed by atoms with E-state index < -0.39 is 6.10 Å². The maximum absolute atomic E-state index is 10.6. The molecule has 2 heterocycles. The first-order valence-electron chi connectivity index (χ1n) is 11.3. The van der Waals surface area contributed by atoms with Gasteiger partial charge < -0.3 is 10.0 Å². The highest BCUT2D eigenvalue weighted by molar-refractivity contribution is 6.30. The van der Waals surface area contributed by atoms with Crippen LogP contribution >= 0.6 is 11.6 Å². The van der Waals surface area contributed by atoms with E-state index in [1.54, 1.807) is 0 Å². The third-order valence-corrected chi connectivity index (χ3v) is 6.35. The average Bonchev–Trinajstić information content (AvgIpc) is 2.82. The standard InChI is InChI=1S/C26H31ClN4O/c1-3-24-23(17-20-9-11-22(27)12-10-20)26(29-19(2)28-24)31-15-13-30(14-16-31)18-25(32)21-7-5-4-6-8-21/h4-12,25,32H,3,13-18H2,1-2H3. The van der Waals surface area contributed by atoms with Crippen molar-refractivity contribution in [1.29, 1.82) is 0 Å². The highest BCUT2D eigenvalue weighted by Gasteiger charge is 2.24. The Bertz CT molecular complexity index is 1020. The van der Waals surface area contributed by atoms with Crippen LogP contribution in [0.25, 0.3) is 0 Å². The molecule has 4 rings (SSSR count). The first kappa shape index (κ1) is 22.7. The first-order valence-corrected chi connectivity index (χ1v) is 11.7. The molecule has 2 aromatic carbocycles. The SMILES string of the molecule is CCc1nc(C)nc(N2CCN(CC(O)c3ccccc3)CC2)c1Cc1ccc(Cl)cc1. The number of aromatic nitrogens is 2. The first-order chi connectivity index (χ1) is 15.5. The largest absolute Gasteiger partial charge is 0.387 e. The van der Waals surface area contributed by atoms with Crippen molar-refractivity contribution >= 4 is 17.4 Å². The smallest absolute Gasteiger partial charge is 0.136 e. The number of aliphatic hydroxyl groups is 1. The lowest BCUT2D eigenvalue weighted by Crippen LogP contribution is -2.48. The van der Waals surface area contributed by atoms with E-state index in [2.05, 4.69) is 28.9 Å². The molecule has 0 saturated carbocycles. The summed E-state index contributed by atoms with van der Waals surface area (Å²) in [6.45, 7) is 8.34. The van der Waals surface area contributed by atoms with Crippen molar-refractivity contribution in [3.8, 4) is 0 Å². The van der Waals surface area contributed by atoms with Gasteiger partial charge in [-0.05, 0) is 36.6 Å². The molecule has 1 saturated heterocycles. The molecule has 0 spiro atoms. The van der Waals surface area contributed by atoms with Crippen LogP contribution in [0.4, 0.5) is 5.82 Å². The lowest BCUT2D eigenvalue weighted by Gasteiger charge is -2.37. The summed E-state index contributed by atoms with van der Waals surface area (Å²) in [6, 6.07) is 17.9. The Hall–Kier alpha value is -2.47. The highest BCUT2D eigenvalue weighted by atomic mass is 35.5. The Morgan fingerprint density at radius 3 is 2.31 bits per heavy atom. The molecule has 1 aliphatic rings. The second-order valence-corrected chi connectivity index (χ2v) is 8.83. The third-order valence-electron chi connectivity index (χ3n) is 6.10. The molecule has 5 nitrogen and oxygen atoms in total. The highest BCUT2D eigenvalue weighted by Crippen LogP contribution is 2.27. The van der Waals surface area contributed by atoms with Gasteiger partial charge in [0.05, 0.1) is 6.10 Å². The number of hydrogen-bond donors (Lipinski definition) is 1. The number of aliphatic hydroxyl groups excluding tert-OH is 1. The van der Waals surface area contributed by atoms with Crippen LogP contribution < -0.4 is 4.90 Å². The summed E-state index contributed by atoms with van der Waals surface area (Å²) in [5.41, 5.74) is 4.50. The van der Waals surface area contributed by atoms with Crippen molar-refractivity contribution in [2.75, 3.05) is 37.6 Å². The predicted molar refractivity (Wildman–Crippen MR) is 130 cm³/mol. The second kappa shape index (κ2) is 10.4. The van der Waals surface area contributed by atoms with Gasteiger partial charge in [-0.15, -0.1) is 0 Å². The van der Waals surface area contributed by atoms with Gasteiger partial charge in [0.1, 0.15) is 11.6 Å². The molecule has 1 atom stereocenters. The van der Waals surface area contributed by atoms with E-state index in [-0.39, 0.29) is 0 Å². The molecular formula is C26H31ClN4O. The Morgan fingerprint density at radius 1 is 0.969 bits per heavy atom. The summed E-state index contributed by atoms with van der Waals surface area (Å²) in [4.78, 5) is 14.3. The summed E-state index contributed by atoms with van der Waals surface area (Å²) < 4.78 is 0. The van der Waals surface area contributed by atoms with Gasteiger partial charge in [0.25, 0.3) is 0 Å². The molecule has 1 aromatic heterocycles. The summed E-state index contributed by atoms with van der Waals surface area (Å²) in [5, 5.41) is 11.4. The number of nitrogens with zero attached hydrogens (tertiary/aromatic N) is 4. The number of piperazine rings is 1. The van der Waals surface area contributed by atoms with Gasteiger partial charge >= 0.3 is 0 Å². The molecule has 1 N–H and O–H groups in total. The van der Waals surface area contributed by atoms with Crippen molar-refractivity contribution in [3.63, 3.8) is 0 Å². The van der Waals surface area contributed by atoms with Crippen LogP contribution in [-0.4, -0.2) is 52.7 Å². The monoisotopic (exact) mass is 450 g/mol.